The van der Waals surface area contributed by atoms with Gasteiger partial charge in [-0.15, -0.1) is 5.10 Å². The highest BCUT2D eigenvalue weighted by Gasteiger charge is 2.30. The molecule has 7 heteroatoms. The summed E-state index contributed by atoms with van der Waals surface area (Å²) in [6.07, 6.45) is 5.88. The van der Waals surface area contributed by atoms with Crippen molar-refractivity contribution in [1.29, 1.82) is 0 Å². The van der Waals surface area contributed by atoms with Gasteiger partial charge in [0.25, 0.3) is 0 Å². The summed E-state index contributed by atoms with van der Waals surface area (Å²) < 4.78 is 6.91. The van der Waals surface area contributed by atoms with Gasteiger partial charge in [-0.3, -0.25) is 9.48 Å². The molecule has 0 aromatic carbocycles. The van der Waals surface area contributed by atoms with Crippen LogP contribution >= 0.6 is 0 Å². The minimum atomic E-state index is 0.131. The normalized spacial score (nSPS) is 18.4. The van der Waals surface area contributed by atoms with Crippen molar-refractivity contribution >= 4 is 5.91 Å². The van der Waals surface area contributed by atoms with E-state index in [1.165, 1.54) is 0 Å². The zero-order chi connectivity index (χ0) is 14.8. The molecule has 1 atom stereocenters. The van der Waals surface area contributed by atoms with Crippen molar-refractivity contribution in [3.05, 3.63) is 29.4 Å². The monoisotopic (exact) mass is 289 g/mol. The molecular formula is C14H19N5O2. The largest absolute Gasteiger partial charge is 0.361 e. The molecule has 2 aromatic rings. The van der Waals surface area contributed by atoms with Gasteiger partial charge >= 0.3 is 0 Å². The van der Waals surface area contributed by atoms with Crippen LogP contribution in [-0.4, -0.2) is 43.5 Å². The second-order valence-electron chi connectivity index (χ2n) is 5.49. The van der Waals surface area contributed by atoms with E-state index < -0.39 is 0 Å². The number of rotatable bonds is 4. The highest BCUT2D eigenvalue weighted by atomic mass is 16.5. The van der Waals surface area contributed by atoms with Crippen molar-refractivity contribution in [1.82, 2.24) is 25.1 Å². The van der Waals surface area contributed by atoms with E-state index in [1.54, 1.807) is 10.9 Å². The van der Waals surface area contributed by atoms with E-state index in [4.69, 9.17) is 4.52 Å². The van der Waals surface area contributed by atoms with Crippen molar-refractivity contribution in [3.63, 3.8) is 0 Å². The molecule has 1 aliphatic rings. The summed E-state index contributed by atoms with van der Waals surface area (Å²) in [6, 6.07) is 0.194. The van der Waals surface area contributed by atoms with Gasteiger partial charge in [0.05, 0.1) is 30.9 Å². The number of likely N-dealkylation sites (tertiary alicyclic amines) is 1. The minimum Gasteiger partial charge on any atom is -0.361 e. The molecule has 7 nitrogen and oxygen atoms in total. The molecule has 112 valence electrons. The highest BCUT2D eigenvalue weighted by molar-refractivity contribution is 5.79. The Balaban J connectivity index is 1.68. The first kappa shape index (κ1) is 13.8. The lowest BCUT2D eigenvalue weighted by atomic mass is 10.1. The second-order valence-corrected chi connectivity index (χ2v) is 5.49. The first-order chi connectivity index (χ1) is 10.1. The third kappa shape index (κ3) is 2.81. The number of hydrogen-bond acceptors (Lipinski definition) is 5. The van der Waals surface area contributed by atoms with Crippen LogP contribution in [0.5, 0.6) is 0 Å². The number of amides is 1. The maximum atomic E-state index is 12.6. The molecule has 0 unspecified atom stereocenters. The van der Waals surface area contributed by atoms with Gasteiger partial charge in [0.1, 0.15) is 5.76 Å². The van der Waals surface area contributed by atoms with Crippen LogP contribution in [0, 0.1) is 13.8 Å². The number of aromatic nitrogens is 4. The van der Waals surface area contributed by atoms with Crippen LogP contribution in [0.4, 0.5) is 0 Å². The third-order valence-corrected chi connectivity index (χ3v) is 4.08. The average molecular weight is 289 g/mol. The zero-order valence-corrected chi connectivity index (χ0v) is 12.3. The molecule has 0 N–H and O–H groups in total. The van der Waals surface area contributed by atoms with Gasteiger partial charge in [0, 0.05) is 18.3 Å². The first-order valence-corrected chi connectivity index (χ1v) is 7.20. The fraction of sp³-hybridized carbons (Fsp3) is 0.571. The van der Waals surface area contributed by atoms with Crippen LogP contribution < -0.4 is 0 Å². The predicted octanol–water partition coefficient (Wildman–Crippen LogP) is 1.12. The van der Waals surface area contributed by atoms with Crippen LogP contribution in [0.3, 0.4) is 0 Å². The van der Waals surface area contributed by atoms with E-state index in [0.717, 1.165) is 36.4 Å². The van der Waals surface area contributed by atoms with Crippen LogP contribution in [0.2, 0.25) is 0 Å². The Morgan fingerprint density at radius 1 is 1.48 bits per heavy atom. The van der Waals surface area contributed by atoms with Crippen LogP contribution in [0.25, 0.3) is 0 Å². The summed E-state index contributed by atoms with van der Waals surface area (Å²) >= 11 is 0. The standard InChI is InChI=1S/C14H19N5O2/c1-10-13(11(2)21-16-10)8-14(20)19-6-3-4-12(19)9-18-7-5-15-17-18/h5,7,12H,3-4,6,8-9H2,1-2H3/t12-/m0/s1. The molecular weight excluding hydrogens is 270 g/mol. The maximum absolute atomic E-state index is 12.6. The fourth-order valence-corrected chi connectivity index (χ4v) is 2.91. The average Bonchev–Trinajstić information content (AvgIpc) is 3.18. The van der Waals surface area contributed by atoms with E-state index in [2.05, 4.69) is 15.5 Å². The third-order valence-electron chi connectivity index (χ3n) is 4.08. The van der Waals surface area contributed by atoms with Crippen molar-refractivity contribution < 1.29 is 9.32 Å². The van der Waals surface area contributed by atoms with Crippen LogP contribution in [-0.2, 0) is 17.8 Å². The Morgan fingerprint density at radius 3 is 3.00 bits per heavy atom. The number of nitrogens with zero attached hydrogens (tertiary/aromatic N) is 5. The molecule has 0 aliphatic carbocycles. The summed E-state index contributed by atoms with van der Waals surface area (Å²) in [5.41, 5.74) is 1.71. The molecule has 0 saturated carbocycles. The van der Waals surface area contributed by atoms with E-state index in [-0.39, 0.29) is 11.9 Å². The second kappa shape index (κ2) is 5.67. The topological polar surface area (TPSA) is 77.0 Å². The summed E-state index contributed by atoms with van der Waals surface area (Å²) in [5.74, 6) is 0.861. The van der Waals surface area contributed by atoms with E-state index in [1.807, 2.05) is 24.9 Å². The van der Waals surface area contributed by atoms with Gasteiger partial charge < -0.3 is 9.42 Å². The smallest absolute Gasteiger partial charge is 0.227 e. The molecule has 0 bridgehead atoms. The Bertz CT molecular complexity index is 600. The minimum absolute atomic E-state index is 0.131. The fourth-order valence-electron chi connectivity index (χ4n) is 2.91. The Labute approximate surface area is 122 Å². The molecule has 1 aliphatic heterocycles. The van der Waals surface area contributed by atoms with Crippen molar-refractivity contribution in [3.8, 4) is 0 Å². The number of aryl methyl sites for hydroxylation is 2. The molecule has 0 spiro atoms. The van der Waals surface area contributed by atoms with Gasteiger partial charge in [-0.2, -0.15) is 0 Å². The first-order valence-electron chi connectivity index (χ1n) is 7.20. The van der Waals surface area contributed by atoms with E-state index >= 15 is 0 Å². The van der Waals surface area contributed by atoms with E-state index in [0.29, 0.717) is 13.0 Å². The quantitative estimate of drug-likeness (QED) is 0.843. The Kier molecular flexibility index (Phi) is 3.72. The van der Waals surface area contributed by atoms with Crippen LogP contribution in [0.15, 0.2) is 16.9 Å². The highest BCUT2D eigenvalue weighted by Crippen LogP contribution is 2.21. The van der Waals surface area contributed by atoms with Gasteiger partial charge in [-0.25, -0.2) is 0 Å². The summed E-state index contributed by atoms with van der Waals surface area (Å²) in [7, 11) is 0. The summed E-state index contributed by atoms with van der Waals surface area (Å²) in [5, 5.41) is 11.7. The van der Waals surface area contributed by atoms with E-state index in [9.17, 15) is 4.79 Å². The molecule has 1 saturated heterocycles. The lowest BCUT2D eigenvalue weighted by Gasteiger charge is -2.24. The Hall–Kier alpha value is -2.18. The lowest BCUT2D eigenvalue weighted by Crippen LogP contribution is -2.39. The number of hydrogen-bond donors (Lipinski definition) is 0. The summed E-state index contributed by atoms with van der Waals surface area (Å²) in [6.45, 7) is 5.23. The number of carbonyl (C=O) groups excluding carboxylic acids is 1. The molecule has 1 fully saturated rings. The summed E-state index contributed by atoms with van der Waals surface area (Å²) in [4.78, 5) is 14.5. The van der Waals surface area contributed by atoms with Gasteiger partial charge in [0.2, 0.25) is 5.91 Å². The molecule has 0 radical (unpaired) electrons. The molecule has 1 amide bonds. The Morgan fingerprint density at radius 2 is 2.33 bits per heavy atom. The molecule has 21 heavy (non-hydrogen) atoms. The van der Waals surface area contributed by atoms with Gasteiger partial charge in [-0.05, 0) is 26.7 Å². The predicted molar refractivity (Wildman–Crippen MR) is 74.4 cm³/mol. The van der Waals surface area contributed by atoms with Gasteiger partial charge in [0.15, 0.2) is 0 Å². The lowest BCUT2D eigenvalue weighted by molar-refractivity contribution is -0.131. The van der Waals surface area contributed by atoms with Gasteiger partial charge in [-0.1, -0.05) is 10.4 Å². The van der Waals surface area contributed by atoms with Crippen molar-refractivity contribution in [2.45, 2.75) is 45.7 Å². The zero-order valence-electron chi connectivity index (χ0n) is 12.3. The van der Waals surface area contributed by atoms with Crippen LogP contribution in [0.1, 0.15) is 29.9 Å². The number of carbonyl (C=O) groups is 1. The molecule has 3 heterocycles. The molecule has 2 aromatic heterocycles. The SMILES string of the molecule is Cc1noc(C)c1CC(=O)N1CCC[C@H]1Cn1ccnn1. The van der Waals surface area contributed by atoms with Crippen molar-refractivity contribution in [2.75, 3.05) is 6.54 Å². The van der Waals surface area contributed by atoms with Crippen molar-refractivity contribution in [2.24, 2.45) is 0 Å². The maximum Gasteiger partial charge on any atom is 0.227 e. The molecule has 3 rings (SSSR count).